The van der Waals surface area contributed by atoms with Gasteiger partial charge < -0.3 is 14.7 Å². The van der Waals surface area contributed by atoms with Crippen LogP contribution in [0.5, 0.6) is 0 Å². The number of anilines is 1. The molecule has 1 amide bonds. The van der Waals surface area contributed by atoms with Gasteiger partial charge in [0.15, 0.2) is 5.76 Å². The number of rotatable bonds is 7. The van der Waals surface area contributed by atoms with Crippen molar-refractivity contribution in [3.05, 3.63) is 51.9 Å². The van der Waals surface area contributed by atoms with E-state index >= 15 is 0 Å². The normalized spacial score (nSPS) is 15.6. The summed E-state index contributed by atoms with van der Waals surface area (Å²) in [5, 5.41) is 17.3. The van der Waals surface area contributed by atoms with E-state index in [2.05, 4.69) is 20.3 Å². The third-order valence-corrected chi connectivity index (χ3v) is 4.54. The van der Waals surface area contributed by atoms with Crippen molar-refractivity contribution in [2.24, 2.45) is 0 Å². The maximum absolute atomic E-state index is 12.1. The van der Waals surface area contributed by atoms with E-state index in [-0.39, 0.29) is 11.6 Å². The third-order valence-electron chi connectivity index (χ3n) is 4.54. The molecule has 1 aliphatic heterocycles. The first-order chi connectivity index (χ1) is 13.0. The number of amides is 1. The Labute approximate surface area is 157 Å². The number of nitro benzene ring substituents is 1. The molecule has 1 fully saturated rings. The lowest BCUT2D eigenvalue weighted by Crippen LogP contribution is -2.46. The van der Waals surface area contributed by atoms with Crippen LogP contribution in [-0.4, -0.2) is 58.5 Å². The lowest BCUT2D eigenvalue weighted by atomic mass is 10.2. The molecular formula is C18H23N5O4. The number of nitrogens with zero attached hydrogens (tertiary/aromatic N) is 4. The minimum Gasteiger partial charge on any atom is -0.360 e. The molecule has 0 bridgehead atoms. The van der Waals surface area contributed by atoms with Gasteiger partial charge in [0, 0.05) is 63.0 Å². The molecule has 1 aliphatic rings. The van der Waals surface area contributed by atoms with Crippen molar-refractivity contribution in [3.8, 4) is 0 Å². The molecular weight excluding hydrogens is 350 g/mol. The first-order valence-electron chi connectivity index (χ1n) is 8.91. The Bertz CT molecular complexity index is 781. The smallest absolute Gasteiger partial charge is 0.269 e. The summed E-state index contributed by atoms with van der Waals surface area (Å²) in [6, 6.07) is 7.80. The molecule has 1 aromatic carbocycles. The predicted octanol–water partition coefficient (Wildman–Crippen LogP) is 2.04. The molecule has 27 heavy (non-hydrogen) atoms. The summed E-state index contributed by atoms with van der Waals surface area (Å²) in [5.41, 5.74) is 1.46. The number of aromatic nitrogens is 1. The number of nitro groups is 1. The van der Waals surface area contributed by atoms with Crippen LogP contribution in [0.1, 0.15) is 17.9 Å². The van der Waals surface area contributed by atoms with E-state index in [1.165, 1.54) is 12.1 Å². The molecule has 144 valence electrons. The number of hydrogen-bond acceptors (Lipinski definition) is 7. The van der Waals surface area contributed by atoms with Crippen molar-refractivity contribution in [1.29, 1.82) is 0 Å². The molecule has 2 heterocycles. The fourth-order valence-electron chi connectivity index (χ4n) is 3.03. The summed E-state index contributed by atoms with van der Waals surface area (Å²) >= 11 is 0. The van der Waals surface area contributed by atoms with Crippen LogP contribution in [-0.2, 0) is 11.3 Å². The van der Waals surface area contributed by atoms with Gasteiger partial charge in [-0.15, -0.1) is 0 Å². The van der Waals surface area contributed by atoms with E-state index in [0.29, 0.717) is 18.7 Å². The first-order valence-corrected chi connectivity index (χ1v) is 8.91. The first kappa shape index (κ1) is 19.0. The number of carbonyl (C=O) groups is 1. The number of hydrogen-bond donors (Lipinski definition) is 1. The van der Waals surface area contributed by atoms with Gasteiger partial charge in [-0.1, -0.05) is 5.16 Å². The molecule has 0 aliphatic carbocycles. The minimum absolute atomic E-state index is 0.00589. The van der Waals surface area contributed by atoms with Gasteiger partial charge in [0.2, 0.25) is 5.91 Å². The Morgan fingerprint density at radius 3 is 2.48 bits per heavy atom. The largest absolute Gasteiger partial charge is 0.360 e. The number of non-ortho nitro benzene ring substituents is 1. The summed E-state index contributed by atoms with van der Waals surface area (Å²) in [6.45, 7) is 7.00. The molecule has 1 aromatic heterocycles. The maximum atomic E-state index is 12.1. The summed E-state index contributed by atoms with van der Waals surface area (Å²) in [5.74, 6) is 0.784. The number of carbonyl (C=O) groups excluding carboxylic acids is 1. The van der Waals surface area contributed by atoms with Gasteiger partial charge >= 0.3 is 0 Å². The van der Waals surface area contributed by atoms with E-state index in [1.54, 1.807) is 12.1 Å². The molecule has 9 heteroatoms. The van der Waals surface area contributed by atoms with Crippen LogP contribution in [0.3, 0.4) is 0 Å². The Hall–Kier alpha value is -2.78. The fourth-order valence-corrected chi connectivity index (χ4v) is 3.03. The van der Waals surface area contributed by atoms with Gasteiger partial charge in [-0.2, -0.15) is 0 Å². The van der Waals surface area contributed by atoms with E-state index in [9.17, 15) is 14.9 Å². The lowest BCUT2D eigenvalue weighted by Gasteiger charge is -2.33. The molecule has 9 nitrogen and oxygen atoms in total. The van der Waals surface area contributed by atoms with Crippen LogP contribution in [0.25, 0.3) is 0 Å². The summed E-state index contributed by atoms with van der Waals surface area (Å²) < 4.78 is 5.25. The van der Waals surface area contributed by atoms with Crippen LogP contribution in [0, 0.1) is 17.0 Å². The van der Waals surface area contributed by atoms with E-state index in [0.717, 1.165) is 44.2 Å². The zero-order chi connectivity index (χ0) is 19.2. The number of piperazine rings is 1. The van der Waals surface area contributed by atoms with Crippen molar-refractivity contribution < 1.29 is 14.2 Å². The third kappa shape index (κ3) is 5.60. The van der Waals surface area contributed by atoms with Gasteiger partial charge in [0.05, 0.1) is 17.2 Å². The molecule has 3 rings (SSSR count). The molecule has 1 N–H and O–H groups in total. The standard InChI is InChI=1S/C18H23N5O4/c1-14-12-17(27-20-14)13-22-10-8-21(9-11-22)7-6-18(24)19-15-2-4-16(5-3-15)23(25)26/h2-5,12H,6-11,13H2,1H3,(H,19,24). The summed E-state index contributed by atoms with van der Waals surface area (Å²) in [6.07, 6.45) is 0.387. The zero-order valence-corrected chi connectivity index (χ0v) is 15.3. The molecule has 0 radical (unpaired) electrons. The maximum Gasteiger partial charge on any atom is 0.269 e. The van der Waals surface area contributed by atoms with E-state index in [1.807, 2.05) is 13.0 Å². The average Bonchev–Trinajstić information content (AvgIpc) is 3.06. The van der Waals surface area contributed by atoms with Crippen LogP contribution < -0.4 is 5.32 Å². The van der Waals surface area contributed by atoms with Crippen LogP contribution in [0.2, 0.25) is 0 Å². The Morgan fingerprint density at radius 1 is 1.22 bits per heavy atom. The second kappa shape index (κ2) is 8.74. The molecule has 2 aromatic rings. The van der Waals surface area contributed by atoms with Crippen LogP contribution in [0.15, 0.2) is 34.9 Å². The van der Waals surface area contributed by atoms with Crippen molar-refractivity contribution >= 4 is 17.3 Å². The molecule has 0 saturated carbocycles. The van der Waals surface area contributed by atoms with Crippen LogP contribution >= 0.6 is 0 Å². The van der Waals surface area contributed by atoms with Gasteiger partial charge in [-0.25, -0.2) is 0 Å². The van der Waals surface area contributed by atoms with Crippen molar-refractivity contribution in [1.82, 2.24) is 15.0 Å². The number of aryl methyl sites for hydroxylation is 1. The minimum atomic E-state index is -0.463. The monoisotopic (exact) mass is 373 g/mol. The van der Waals surface area contributed by atoms with Crippen molar-refractivity contribution in [3.63, 3.8) is 0 Å². The number of nitrogens with one attached hydrogen (secondary N) is 1. The molecule has 1 saturated heterocycles. The van der Waals surface area contributed by atoms with Crippen molar-refractivity contribution in [2.45, 2.75) is 19.9 Å². The summed E-state index contributed by atoms with van der Waals surface area (Å²) in [4.78, 5) is 26.8. The van der Waals surface area contributed by atoms with Gasteiger partial charge in [0.1, 0.15) is 0 Å². The second-order valence-corrected chi connectivity index (χ2v) is 6.65. The van der Waals surface area contributed by atoms with E-state index in [4.69, 9.17) is 4.52 Å². The van der Waals surface area contributed by atoms with Gasteiger partial charge in [-0.05, 0) is 19.1 Å². The second-order valence-electron chi connectivity index (χ2n) is 6.65. The highest BCUT2D eigenvalue weighted by Crippen LogP contribution is 2.16. The Balaban J connectivity index is 1.36. The Kier molecular flexibility index (Phi) is 6.15. The quantitative estimate of drug-likeness (QED) is 0.585. The highest BCUT2D eigenvalue weighted by molar-refractivity contribution is 5.90. The Morgan fingerprint density at radius 2 is 1.89 bits per heavy atom. The topological polar surface area (TPSA) is 105 Å². The molecule has 0 spiro atoms. The van der Waals surface area contributed by atoms with Crippen LogP contribution in [0.4, 0.5) is 11.4 Å². The SMILES string of the molecule is Cc1cc(CN2CCN(CCC(=O)Nc3ccc([N+](=O)[O-])cc3)CC2)on1. The van der Waals surface area contributed by atoms with E-state index < -0.39 is 4.92 Å². The number of benzene rings is 1. The zero-order valence-electron chi connectivity index (χ0n) is 15.3. The molecule has 0 atom stereocenters. The predicted molar refractivity (Wildman–Crippen MR) is 99.3 cm³/mol. The lowest BCUT2D eigenvalue weighted by molar-refractivity contribution is -0.384. The summed E-state index contributed by atoms with van der Waals surface area (Å²) in [7, 11) is 0. The molecule has 0 unspecified atom stereocenters. The fraction of sp³-hybridized carbons (Fsp3) is 0.444. The van der Waals surface area contributed by atoms with Crippen molar-refractivity contribution in [2.75, 3.05) is 38.0 Å². The highest BCUT2D eigenvalue weighted by atomic mass is 16.6. The average molecular weight is 373 g/mol. The highest BCUT2D eigenvalue weighted by Gasteiger charge is 2.19. The van der Waals surface area contributed by atoms with Gasteiger partial charge in [-0.3, -0.25) is 19.8 Å². The van der Waals surface area contributed by atoms with Gasteiger partial charge in [0.25, 0.3) is 5.69 Å².